The van der Waals surface area contributed by atoms with Gasteiger partial charge in [0.15, 0.2) is 0 Å². The van der Waals surface area contributed by atoms with Gasteiger partial charge in [0.25, 0.3) is 0 Å². The quantitative estimate of drug-likeness (QED) is 0.499. The highest BCUT2D eigenvalue weighted by Crippen LogP contribution is 2.02. The largest absolute Gasteiger partial charge is 0.460 e. The lowest BCUT2D eigenvalue weighted by atomic mass is 10.4. The molecule has 5 nitrogen and oxygen atoms in total. The molecule has 0 aromatic carbocycles. The van der Waals surface area contributed by atoms with Gasteiger partial charge in [0.1, 0.15) is 11.5 Å². The van der Waals surface area contributed by atoms with Crippen molar-refractivity contribution in [3.05, 3.63) is 23.7 Å². The van der Waals surface area contributed by atoms with Crippen molar-refractivity contribution < 1.29 is 9.21 Å². The summed E-state index contributed by atoms with van der Waals surface area (Å²) in [7, 11) is 0. The minimum absolute atomic E-state index is 0.571. The summed E-state index contributed by atoms with van der Waals surface area (Å²) in [6, 6.07) is 2.84. The van der Waals surface area contributed by atoms with E-state index in [1.165, 1.54) is 6.21 Å². The van der Waals surface area contributed by atoms with Crippen LogP contribution in [0.15, 0.2) is 21.7 Å². The van der Waals surface area contributed by atoms with Gasteiger partial charge in [-0.25, -0.2) is 10.2 Å². The zero-order valence-electron chi connectivity index (χ0n) is 6.57. The van der Waals surface area contributed by atoms with Crippen molar-refractivity contribution in [1.29, 1.82) is 0 Å². The van der Waals surface area contributed by atoms with Crippen LogP contribution in [-0.4, -0.2) is 12.2 Å². The molecule has 0 aliphatic carbocycles. The molecule has 2 amide bonds. The number of primary amides is 1. The van der Waals surface area contributed by atoms with E-state index in [1.807, 2.05) is 6.92 Å². The minimum atomic E-state index is -0.700. The Morgan fingerprint density at radius 1 is 1.75 bits per heavy atom. The number of urea groups is 1. The van der Waals surface area contributed by atoms with Gasteiger partial charge in [-0.15, -0.1) is 0 Å². The van der Waals surface area contributed by atoms with Crippen LogP contribution in [0.1, 0.15) is 11.5 Å². The number of hydrogen-bond donors (Lipinski definition) is 2. The fraction of sp³-hybridized carbons (Fsp3) is 0.143. The highest BCUT2D eigenvalue weighted by atomic mass is 16.3. The van der Waals surface area contributed by atoms with Crippen LogP contribution < -0.4 is 11.2 Å². The summed E-state index contributed by atoms with van der Waals surface area (Å²) in [5.41, 5.74) is 6.82. The van der Waals surface area contributed by atoms with Crippen molar-refractivity contribution in [3.8, 4) is 0 Å². The third kappa shape index (κ3) is 2.45. The van der Waals surface area contributed by atoms with Crippen molar-refractivity contribution in [2.45, 2.75) is 6.92 Å². The predicted octanol–water partition coefficient (Wildman–Crippen LogP) is 0.590. The van der Waals surface area contributed by atoms with E-state index in [4.69, 9.17) is 10.2 Å². The standard InChI is InChI=1S/C7H9N3O2/c1-5-2-3-6(12-5)4-9-10-7(8)11/h2-4H,1H3,(H3,8,10,11)/b9-4+. The predicted molar refractivity (Wildman–Crippen MR) is 43.8 cm³/mol. The van der Waals surface area contributed by atoms with Gasteiger partial charge in [-0.3, -0.25) is 0 Å². The van der Waals surface area contributed by atoms with Crippen molar-refractivity contribution in [3.63, 3.8) is 0 Å². The molecule has 1 aromatic rings. The minimum Gasteiger partial charge on any atom is -0.460 e. The lowest BCUT2D eigenvalue weighted by molar-refractivity contribution is 0.249. The van der Waals surface area contributed by atoms with Gasteiger partial charge in [0, 0.05) is 0 Å². The second-order valence-electron chi connectivity index (χ2n) is 2.18. The summed E-state index contributed by atoms with van der Waals surface area (Å²) in [6.07, 6.45) is 1.37. The average Bonchev–Trinajstić information content (AvgIpc) is 2.35. The molecule has 0 saturated carbocycles. The Morgan fingerprint density at radius 3 is 3.00 bits per heavy atom. The van der Waals surface area contributed by atoms with Gasteiger partial charge in [0.05, 0.1) is 6.21 Å². The summed E-state index contributed by atoms with van der Waals surface area (Å²) in [4.78, 5) is 10.2. The first-order valence-electron chi connectivity index (χ1n) is 3.33. The van der Waals surface area contributed by atoms with E-state index in [0.717, 1.165) is 5.76 Å². The smallest absolute Gasteiger partial charge is 0.332 e. The number of rotatable bonds is 2. The van der Waals surface area contributed by atoms with E-state index in [9.17, 15) is 4.79 Å². The van der Waals surface area contributed by atoms with Crippen LogP contribution in [0.25, 0.3) is 0 Å². The van der Waals surface area contributed by atoms with Gasteiger partial charge in [-0.2, -0.15) is 5.10 Å². The van der Waals surface area contributed by atoms with Crippen LogP contribution in [0.2, 0.25) is 0 Å². The van der Waals surface area contributed by atoms with Gasteiger partial charge in [-0.05, 0) is 19.1 Å². The Hall–Kier alpha value is -1.78. The van der Waals surface area contributed by atoms with Crippen LogP contribution in [-0.2, 0) is 0 Å². The average molecular weight is 167 g/mol. The molecular formula is C7H9N3O2. The SMILES string of the molecule is Cc1ccc(/C=N/NC(N)=O)o1. The molecule has 0 unspecified atom stereocenters. The molecule has 0 bridgehead atoms. The van der Waals surface area contributed by atoms with Crippen LogP contribution in [0, 0.1) is 6.92 Å². The van der Waals surface area contributed by atoms with E-state index < -0.39 is 6.03 Å². The van der Waals surface area contributed by atoms with E-state index >= 15 is 0 Å². The molecule has 0 aliphatic rings. The van der Waals surface area contributed by atoms with Crippen LogP contribution in [0.5, 0.6) is 0 Å². The molecule has 1 rings (SSSR count). The van der Waals surface area contributed by atoms with Crippen LogP contribution in [0.3, 0.4) is 0 Å². The maximum Gasteiger partial charge on any atom is 0.332 e. The molecule has 0 aliphatic heterocycles. The summed E-state index contributed by atoms with van der Waals surface area (Å²) in [6.45, 7) is 1.82. The maximum absolute atomic E-state index is 10.2. The fourth-order valence-electron chi connectivity index (χ4n) is 0.682. The number of carbonyl (C=O) groups is 1. The zero-order valence-corrected chi connectivity index (χ0v) is 6.57. The molecule has 0 saturated heterocycles. The Bertz CT molecular complexity index is 303. The Morgan fingerprint density at radius 2 is 2.50 bits per heavy atom. The summed E-state index contributed by atoms with van der Waals surface area (Å²) < 4.78 is 5.12. The fourth-order valence-corrected chi connectivity index (χ4v) is 0.682. The molecule has 0 radical (unpaired) electrons. The van der Waals surface area contributed by atoms with Gasteiger partial charge in [0.2, 0.25) is 0 Å². The normalized spacial score (nSPS) is 10.4. The molecule has 0 atom stereocenters. The van der Waals surface area contributed by atoms with Crippen molar-refractivity contribution in [2.24, 2.45) is 10.8 Å². The molecule has 0 fully saturated rings. The number of nitrogens with two attached hydrogens (primary N) is 1. The topological polar surface area (TPSA) is 80.6 Å². The Balaban J connectivity index is 2.52. The van der Waals surface area contributed by atoms with Gasteiger partial charge >= 0.3 is 6.03 Å². The molecule has 5 heteroatoms. The monoisotopic (exact) mass is 167 g/mol. The van der Waals surface area contributed by atoms with Crippen LogP contribution in [0.4, 0.5) is 4.79 Å². The second-order valence-corrected chi connectivity index (χ2v) is 2.18. The van der Waals surface area contributed by atoms with Gasteiger partial charge < -0.3 is 10.2 Å². The van der Waals surface area contributed by atoms with Crippen LogP contribution >= 0.6 is 0 Å². The lowest BCUT2D eigenvalue weighted by Gasteiger charge is -1.88. The molecule has 12 heavy (non-hydrogen) atoms. The molecular weight excluding hydrogens is 158 g/mol. The first-order chi connectivity index (χ1) is 5.68. The second kappa shape index (κ2) is 3.56. The number of furan rings is 1. The van der Waals surface area contributed by atoms with Crippen molar-refractivity contribution >= 4 is 12.2 Å². The lowest BCUT2D eigenvalue weighted by Crippen LogP contribution is -2.24. The van der Waals surface area contributed by atoms with E-state index in [-0.39, 0.29) is 0 Å². The van der Waals surface area contributed by atoms with Crippen molar-refractivity contribution in [2.75, 3.05) is 0 Å². The number of aryl methyl sites for hydroxylation is 1. The maximum atomic E-state index is 10.2. The summed E-state index contributed by atoms with van der Waals surface area (Å²) in [5.74, 6) is 1.36. The van der Waals surface area contributed by atoms with E-state index in [2.05, 4.69) is 10.5 Å². The highest BCUT2D eigenvalue weighted by molar-refractivity contribution is 5.78. The number of amides is 2. The number of nitrogens with one attached hydrogen (secondary N) is 1. The Kier molecular flexibility index (Phi) is 2.47. The first kappa shape index (κ1) is 8.32. The highest BCUT2D eigenvalue weighted by Gasteiger charge is 1.92. The number of hydrazone groups is 1. The number of nitrogens with zero attached hydrogens (tertiary/aromatic N) is 1. The van der Waals surface area contributed by atoms with E-state index in [0.29, 0.717) is 5.76 Å². The molecule has 3 N–H and O–H groups in total. The zero-order chi connectivity index (χ0) is 8.97. The molecule has 64 valence electrons. The molecule has 1 aromatic heterocycles. The number of hydrogen-bond acceptors (Lipinski definition) is 3. The third-order valence-corrected chi connectivity index (χ3v) is 1.13. The first-order valence-corrected chi connectivity index (χ1v) is 3.33. The van der Waals surface area contributed by atoms with Crippen molar-refractivity contribution in [1.82, 2.24) is 5.43 Å². The third-order valence-electron chi connectivity index (χ3n) is 1.13. The summed E-state index contributed by atoms with van der Waals surface area (Å²) >= 11 is 0. The molecule has 1 heterocycles. The Labute approximate surface area is 69.2 Å². The number of carbonyl (C=O) groups excluding carboxylic acids is 1. The van der Waals surface area contributed by atoms with Gasteiger partial charge in [-0.1, -0.05) is 0 Å². The molecule has 0 spiro atoms. The summed E-state index contributed by atoms with van der Waals surface area (Å²) in [5, 5.41) is 3.51. The van der Waals surface area contributed by atoms with E-state index in [1.54, 1.807) is 12.1 Å².